The summed E-state index contributed by atoms with van der Waals surface area (Å²) in [6.07, 6.45) is 0. The maximum Gasteiger partial charge on any atom is 0.166 e. The number of aryl methyl sites for hydroxylation is 1. The van der Waals surface area contributed by atoms with Crippen LogP contribution in [0, 0.1) is 10.5 Å². The van der Waals surface area contributed by atoms with Crippen LogP contribution in [-0.2, 0) is 10.9 Å². The van der Waals surface area contributed by atoms with Crippen molar-refractivity contribution < 1.29 is 0 Å². The van der Waals surface area contributed by atoms with E-state index in [4.69, 9.17) is 0 Å². The normalized spacial score (nSPS) is 11.0. The molecule has 0 amide bonds. The molecule has 0 nitrogen and oxygen atoms in total. The first-order valence-electron chi connectivity index (χ1n) is 11.0. The van der Waals surface area contributed by atoms with Gasteiger partial charge >= 0.3 is 0 Å². The average Bonchev–Trinajstić information content (AvgIpc) is 2.88. The summed E-state index contributed by atoms with van der Waals surface area (Å²) < 4.78 is 1.30. The molecule has 0 atom stereocenters. The molecule has 0 saturated carbocycles. The zero-order valence-electron chi connectivity index (χ0n) is 18.4. The number of benzene rings is 5. The van der Waals surface area contributed by atoms with Gasteiger partial charge in [-0.25, -0.2) is 0 Å². The van der Waals surface area contributed by atoms with Crippen LogP contribution in [0.3, 0.4) is 0 Å². The van der Waals surface area contributed by atoms with Crippen LogP contribution in [0.4, 0.5) is 0 Å². The highest BCUT2D eigenvalue weighted by Crippen LogP contribution is 2.33. The minimum absolute atomic E-state index is 0.113. The van der Waals surface area contributed by atoms with Gasteiger partial charge < -0.3 is 0 Å². The van der Waals surface area contributed by atoms with Crippen LogP contribution in [0.15, 0.2) is 142 Å². The molecule has 0 N–H and O–H groups in total. The lowest BCUT2D eigenvalue weighted by Crippen LogP contribution is -2.04. The molecule has 0 bridgehead atoms. The summed E-state index contributed by atoms with van der Waals surface area (Å²) >= 11 is 2.41. The molecule has 0 radical (unpaired) electrons. The Hall–Kier alpha value is -2.82. The van der Waals surface area contributed by atoms with Gasteiger partial charge in [0.2, 0.25) is 0 Å². The third-order valence-electron chi connectivity index (χ3n) is 5.77. The topological polar surface area (TPSA) is 0 Å². The Kier molecular flexibility index (Phi) is 6.65. The highest BCUT2D eigenvalue weighted by Gasteiger charge is 2.28. The fourth-order valence-electron chi connectivity index (χ4n) is 3.93. The molecule has 160 valence electrons. The first-order chi connectivity index (χ1) is 16.2. The van der Waals surface area contributed by atoms with Gasteiger partial charge in [0.05, 0.1) is 10.9 Å². The Labute approximate surface area is 212 Å². The fourth-order valence-corrected chi connectivity index (χ4v) is 6.53. The van der Waals surface area contributed by atoms with Crippen molar-refractivity contribution in [3.05, 3.63) is 137 Å². The van der Waals surface area contributed by atoms with Crippen LogP contribution in [0.25, 0.3) is 22.3 Å². The zero-order valence-corrected chi connectivity index (χ0v) is 21.4. The molecule has 0 aliphatic rings. The van der Waals surface area contributed by atoms with E-state index in [1.165, 1.54) is 46.1 Å². The van der Waals surface area contributed by atoms with Crippen molar-refractivity contribution in [2.45, 2.75) is 21.6 Å². The van der Waals surface area contributed by atoms with Gasteiger partial charge in [0.25, 0.3) is 0 Å². The first kappa shape index (κ1) is 22.0. The molecule has 33 heavy (non-hydrogen) atoms. The lowest BCUT2D eigenvalue weighted by Gasteiger charge is -2.09. The molecule has 0 unspecified atom stereocenters. The van der Waals surface area contributed by atoms with Crippen molar-refractivity contribution in [1.29, 1.82) is 0 Å². The SMILES string of the molecule is Cc1ccc(-c2ccc(-c3ccc([S+](c4ccccc4)c4ccccc4)cc3)cc2)cc1I. The van der Waals surface area contributed by atoms with Crippen LogP contribution < -0.4 is 0 Å². The molecule has 5 rings (SSSR count). The van der Waals surface area contributed by atoms with E-state index in [1.54, 1.807) is 0 Å². The summed E-state index contributed by atoms with van der Waals surface area (Å²) in [6, 6.07) is 46.2. The van der Waals surface area contributed by atoms with E-state index in [1.807, 2.05) is 0 Å². The lowest BCUT2D eigenvalue weighted by atomic mass is 10.00. The third-order valence-corrected chi connectivity index (χ3v) is 9.16. The zero-order chi connectivity index (χ0) is 22.6. The molecule has 0 fully saturated rings. The van der Waals surface area contributed by atoms with E-state index in [0.717, 1.165) is 0 Å². The number of hydrogen-bond acceptors (Lipinski definition) is 0. The summed E-state index contributed by atoms with van der Waals surface area (Å²) in [6.45, 7) is 2.15. The highest BCUT2D eigenvalue weighted by molar-refractivity contribution is 14.1. The summed E-state index contributed by atoms with van der Waals surface area (Å²) in [5, 5.41) is 0. The number of halogens is 1. The predicted octanol–water partition coefficient (Wildman–Crippen LogP) is 9.03. The van der Waals surface area contributed by atoms with E-state index in [-0.39, 0.29) is 10.9 Å². The first-order valence-corrected chi connectivity index (χ1v) is 13.3. The van der Waals surface area contributed by atoms with Gasteiger partial charge in [-0.05, 0) is 112 Å². The van der Waals surface area contributed by atoms with E-state index in [2.05, 4.69) is 157 Å². The monoisotopic (exact) mass is 555 g/mol. The van der Waals surface area contributed by atoms with Crippen molar-refractivity contribution in [2.24, 2.45) is 0 Å². The Balaban J connectivity index is 1.44. The van der Waals surface area contributed by atoms with E-state index in [0.29, 0.717) is 0 Å². The summed E-state index contributed by atoms with van der Waals surface area (Å²) in [7, 11) is -0.113. The molecular formula is C31H24IS+. The molecule has 5 aromatic carbocycles. The van der Waals surface area contributed by atoms with Gasteiger partial charge in [-0.3, -0.25) is 0 Å². The molecule has 2 heteroatoms. The van der Waals surface area contributed by atoms with E-state index in [9.17, 15) is 0 Å². The summed E-state index contributed by atoms with van der Waals surface area (Å²) in [5.41, 5.74) is 6.32. The smallest absolute Gasteiger partial charge is 0.0619 e. The molecule has 5 aromatic rings. The van der Waals surface area contributed by atoms with Crippen LogP contribution in [0.5, 0.6) is 0 Å². The van der Waals surface area contributed by atoms with E-state index >= 15 is 0 Å². The maximum absolute atomic E-state index is 2.41. The molecule has 0 spiro atoms. The molecular weight excluding hydrogens is 531 g/mol. The van der Waals surface area contributed by atoms with Crippen LogP contribution in [0.2, 0.25) is 0 Å². The van der Waals surface area contributed by atoms with Gasteiger partial charge in [0.1, 0.15) is 0 Å². The summed E-state index contributed by atoms with van der Waals surface area (Å²) in [5.74, 6) is 0. The second-order valence-corrected chi connectivity index (χ2v) is 11.2. The quantitative estimate of drug-likeness (QED) is 0.150. The van der Waals surface area contributed by atoms with Crippen molar-refractivity contribution in [2.75, 3.05) is 0 Å². The molecule has 0 heterocycles. The average molecular weight is 556 g/mol. The van der Waals surface area contributed by atoms with Gasteiger partial charge in [-0.15, -0.1) is 0 Å². The molecule has 0 aliphatic carbocycles. The van der Waals surface area contributed by atoms with Gasteiger partial charge in [0.15, 0.2) is 14.7 Å². The van der Waals surface area contributed by atoms with Crippen molar-refractivity contribution in [3.63, 3.8) is 0 Å². The van der Waals surface area contributed by atoms with Crippen LogP contribution in [0.1, 0.15) is 5.56 Å². The Morgan fingerprint density at radius 2 is 0.848 bits per heavy atom. The second kappa shape index (κ2) is 9.98. The molecule has 0 aromatic heterocycles. The van der Waals surface area contributed by atoms with E-state index < -0.39 is 0 Å². The van der Waals surface area contributed by atoms with Crippen molar-refractivity contribution in [1.82, 2.24) is 0 Å². The molecule has 0 saturated heterocycles. The van der Waals surface area contributed by atoms with Crippen molar-refractivity contribution >= 4 is 33.5 Å². The Bertz CT molecular complexity index is 1300. The van der Waals surface area contributed by atoms with Gasteiger partial charge in [-0.2, -0.15) is 0 Å². The standard InChI is InChI=1S/C31H24IS/c1-23-12-13-27(22-31(23)32)26-16-14-24(15-17-26)25-18-20-30(21-19-25)33(28-8-4-2-5-9-28)29-10-6-3-7-11-29/h2-22H,1H3/q+1. The Morgan fingerprint density at radius 1 is 0.455 bits per heavy atom. The third kappa shape index (κ3) is 4.92. The van der Waals surface area contributed by atoms with Crippen LogP contribution in [-0.4, -0.2) is 0 Å². The predicted molar refractivity (Wildman–Crippen MR) is 150 cm³/mol. The lowest BCUT2D eigenvalue weighted by molar-refractivity contribution is 1.32. The minimum Gasteiger partial charge on any atom is -0.0619 e. The molecule has 0 aliphatic heterocycles. The van der Waals surface area contributed by atoms with Gasteiger partial charge in [0, 0.05) is 3.57 Å². The highest BCUT2D eigenvalue weighted by atomic mass is 127. The van der Waals surface area contributed by atoms with Crippen LogP contribution >= 0.6 is 22.6 Å². The Morgan fingerprint density at radius 3 is 1.33 bits per heavy atom. The second-order valence-electron chi connectivity index (χ2n) is 8.00. The number of rotatable bonds is 5. The fraction of sp³-hybridized carbons (Fsp3) is 0.0323. The largest absolute Gasteiger partial charge is 0.166 e. The minimum atomic E-state index is -0.113. The number of hydrogen-bond donors (Lipinski definition) is 0. The van der Waals surface area contributed by atoms with Gasteiger partial charge in [-0.1, -0.05) is 72.8 Å². The van der Waals surface area contributed by atoms with Crippen molar-refractivity contribution in [3.8, 4) is 22.3 Å². The summed E-state index contributed by atoms with van der Waals surface area (Å²) in [4.78, 5) is 4.02. The maximum atomic E-state index is 2.41.